The molecular weight excluding hydrogens is 485 g/mol. The van der Waals surface area contributed by atoms with Crippen molar-refractivity contribution in [3.05, 3.63) is 98.9 Å². The molecule has 176 valence electrons. The quantitative estimate of drug-likeness (QED) is 0.300. The number of hydrazone groups is 1. The maximum absolute atomic E-state index is 13.0. The van der Waals surface area contributed by atoms with E-state index in [0.717, 1.165) is 22.8 Å². The van der Waals surface area contributed by atoms with E-state index in [1.807, 2.05) is 43.3 Å². The zero-order valence-corrected chi connectivity index (χ0v) is 20.3. The lowest BCUT2D eigenvalue weighted by Crippen LogP contribution is -2.22. The molecule has 5 rings (SSSR count). The van der Waals surface area contributed by atoms with Gasteiger partial charge in [-0.05, 0) is 54.8 Å². The van der Waals surface area contributed by atoms with Crippen molar-refractivity contribution in [2.75, 3.05) is 5.32 Å². The minimum Gasteiger partial charge on any atom is -0.455 e. The van der Waals surface area contributed by atoms with Crippen LogP contribution in [0.25, 0.3) is 10.8 Å². The molecule has 0 fully saturated rings. The van der Waals surface area contributed by atoms with E-state index < -0.39 is 5.91 Å². The lowest BCUT2D eigenvalue weighted by molar-refractivity contribution is 0.0955. The molecule has 6 nitrogen and oxygen atoms in total. The van der Waals surface area contributed by atoms with E-state index in [0.29, 0.717) is 51.2 Å². The van der Waals surface area contributed by atoms with Crippen molar-refractivity contribution in [3.63, 3.8) is 0 Å². The molecule has 4 aromatic rings. The molecule has 35 heavy (non-hydrogen) atoms. The summed E-state index contributed by atoms with van der Waals surface area (Å²) < 4.78 is 5.94. The lowest BCUT2D eigenvalue weighted by atomic mass is 9.93. The number of nitrogens with one attached hydrogen (secondary N) is 2. The summed E-state index contributed by atoms with van der Waals surface area (Å²) in [5.41, 5.74) is 5.84. The maximum Gasteiger partial charge on any atom is 0.291 e. The summed E-state index contributed by atoms with van der Waals surface area (Å²) >= 11 is 12.1. The molecule has 0 saturated carbocycles. The zero-order chi connectivity index (χ0) is 24.5. The molecule has 1 aromatic heterocycles. The number of carbonyl (C=O) groups excluding carboxylic acids is 2. The van der Waals surface area contributed by atoms with Crippen molar-refractivity contribution in [2.24, 2.45) is 5.10 Å². The minimum atomic E-state index is -0.408. The number of halogens is 2. The average molecular weight is 506 g/mol. The Balaban J connectivity index is 1.41. The van der Waals surface area contributed by atoms with Crippen LogP contribution < -0.4 is 10.7 Å². The summed E-state index contributed by atoms with van der Waals surface area (Å²) in [4.78, 5) is 25.9. The van der Waals surface area contributed by atoms with Crippen LogP contribution >= 0.6 is 23.2 Å². The number of amides is 2. The van der Waals surface area contributed by atoms with Gasteiger partial charge in [0.15, 0.2) is 5.76 Å². The number of carbonyl (C=O) groups is 2. The highest BCUT2D eigenvalue weighted by molar-refractivity contribution is 6.35. The molecule has 0 aliphatic heterocycles. The highest BCUT2D eigenvalue weighted by Gasteiger charge is 2.28. The molecule has 1 aliphatic carbocycles. The summed E-state index contributed by atoms with van der Waals surface area (Å²) in [5.74, 6) is 0.176. The number of hydrogen-bond acceptors (Lipinski definition) is 4. The maximum atomic E-state index is 13.0. The molecule has 3 aromatic carbocycles. The van der Waals surface area contributed by atoms with Gasteiger partial charge in [0.1, 0.15) is 5.76 Å². The Kier molecular flexibility index (Phi) is 6.32. The molecule has 0 bridgehead atoms. The van der Waals surface area contributed by atoms with Crippen molar-refractivity contribution >= 4 is 57.2 Å². The first kappa shape index (κ1) is 23.1. The molecule has 2 amide bonds. The third kappa shape index (κ3) is 4.67. The number of benzene rings is 3. The molecule has 0 saturated heterocycles. The first-order valence-corrected chi connectivity index (χ1v) is 11.9. The zero-order valence-electron chi connectivity index (χ0n) is 18.8. The Morgan fingerprint density at radius 3 is 2.49 bits per heavy atom. The summed E-state index contributed by atoms with van der Waals surface area (Å²) in [7, 11) is 0. The van der Waals surface area contributed by atoms with Gasteiger partial charge in [0.05, 0.1) is 5.71 Å². The topological polar surface area (TPSA) is 83.7 Å². The Labute approximate surface area is 211 Å². The molecule has 0 atom stereocenters. The summed E-state index contributed by atoms with van der Waals surface area (Å²) in [6.07, 6.45) is 2.14. The van der Waals surface area contributed by atoms with E-state index in [1.165, 1.54) is 0 Å². The van der Waals surface area contributed by atoms with Crippen LogP contribution in [-0.2, 0) is 6.42 Å². The fraction of sp³-hybridized carbons (Fsp3) is 0.148. The highest BCUT2D eigenvalue weighted by Crippen LogP contribution is 2.31. The fourth-order valence-corrected chi connectivity index (χ4v) is 4.94. The van der Waals surface area contributed by atoms with Crippen molar-refractivity contribution in [2.45, 2.75) is 26.2 Å². The van der Waals surface area contributed by atoms with Gasteiger partial charge < -0.3 is 9.73 Å². The normalized spacial score (nSPS) is 14.1. The number of nitrogens with zero attached hydrogens (tertiary/aromatic N) is 1. The second-order valence-corrected chi connectivity index (χ2v) is 9.22. The van der Waals surface area contributed by atoms with E-state index >= 15 is 0 Å². The third-order valence-corrected chi connectivity index (χ3v) is 6.42. The smallest absolute Gasteiger partial charge is 0.291 e. The molecular formula is C27H21Cl2N3O3. The number of hydrogen-bond donors (Lipinski definition) is 2. The molecule has 2 N–H and O–H groups in total. The van der Waals surface area contributed by atoms with Crippen molar-refractivity contribution in [3.8, 4) is 0 Å². The number of rotatable bonds is 4. The van der Waals surface area contributed by atoms with Crippen molar-refractivity contribution in [1.82, 2.24) is 5.43 Å². The predicted molar refractivity (Wildman–Crippen MR) is 139 cm³/mol. The SMILES string of the molecule is Cc1c(C(=O)Nc2cc(Cl)cc(Cl)c2)oc2c1/C(=N/NC(=O)c1cccc3ccccc13)CCC2. The number of aryl methyl sites for hydroxylation is 1. The number of anilines is 1. The highest BCUT2D eigenvalue weighted by atomic mass is 35.5. The molecule has 0 radical (unpaired) electrons. The summed E-state index contributed by atoms with van der Waals surface area (Å²) in [6.45, 7) is 1.82. The molecule has 0 spiro atoms. The van der Waals surface area contributed by atoms with Gasteiger partial charge in [-0.3, -0.25) is 9.59 Å². The van der Waals surface area contributed by atoms with Crippen LogP contribution in [0.15, 0.2) is 70.2 Å². The van der Waals surface area contributed by atoms with Crippen LogP contribution in [0.5, 0.6) is 0 Å². The number of fused-ring (bicyclic) bond motifs is 2. The Morgan fingerprint density at radius 1 is 0.943 bits per heavy atom. The van der Waals surface area contributed by atoms with E-state index in [2.05, 4.69) is 15.8 Å². The van der Waals surface area contributed by atoms with Crippen molar-refractivity contribution < 1.29 is 14.0 Å². The van der Waals surface area contributed by atoms with Gasteiger partial charge in [-0.1, -0.05) is 59.6 Å². The first-order valence-electron chi connectivity index (χ1n) is 11.2. The Bertz CT molecular complexity index is 1480. The van der Waals surface area contributed by atoms with Gasteiger partial charge in [0.2, 0.25) is 0 Å². The minimum absolute atomic E-state index is 0.195. The Morgan fingerprint density at radius 2 is 1.69 bits per heavy atom. The number of furan rings is 1. The van der Waals surface area contributed by atoms with Crippen molar-refractivity contribution in [1.29, 1.82) is 0 Å². The van der Waals surface area contributed by atoms with Gasteiger partial charge >= 0.3 is 0 Å². The summed E-state index contributed by atoms with van der Waals surface area (Å²) in [5, 5.41) is 9.89. The lowest BCUT2D eigenvalue weighted by Gasteiger charge is -2.13. The van der Waals surface area contributed by atoms with Gasteiger partial charge in [-0.15, -0.1) is 0 Å². The van der Waals surface area contributed by atoms with E-state index in [-0.39, 0.29) is 11.7 Å². The molecule has 0 unspecified atom stereocenters. The Hall–Kier alpha value is -3.61. The summed E-state index contributed by atoms with van der Waals surface area (Å²) in [6, 6.07) is 18.1. The van der Waals surface area contributed by atoms with Crippen LogP contribution in [-0.4, -0.2) is 17.5 Å². The van der Waals surface area contributed by atoms with Gasteiger partial charge in [-0.25, -0.2) is 5.43 Å². The van der Waals surface area contributed by atoms with Crippen LogP contribution in [0.1, 0.15) is 50.6 Å². The monoisotopic (exact) mass is 505 g/mol. The fourth-order valence-electron chi connectivity index (χ4n) is 4.41. The van der Waals surface area contributed by atoms with E-state index in [9.17, 15) is 9.59 Å². The van der Waals surface area contributed by atoms with Gasteiger partial charge in [-0.2, -0.15) is 5.10 Å². The second kappa shape index (κ2) is 9.56. The second-order valence-electron chi connectivity index (χ2n) is 8.35. The molecule has 1 heterocycles. The third-order valence-electron chi connectivity index (χ3n) is 5.98. The van der Waals surface area contributed by atoms with Crippen LogP contribution in [0, 0.1) is 6.92 Å². The van der Waals surface area contributed by atoms with Crippen LogP contribution in [0.2, 0.25) is 10.0 Å². The largest absolute Gasteiger partial charge is 0.455 e. The standard InChI is InChI=1S/C27H21Cl2N3O3/c1-15-24-22(31-32-26(33)21-9-4-7-16-6-2-3-8-20(16)21)10-5-11-23(24)35-25(15)27(34)30-19-13-17(28)12-18(29)14-19/h2-4,6-9,12-14H,5,10-11H2,1H3,(H,30,34)(H,32,33)/b31-22+. The van der Waals surface area contributed by atoms with E-state index in [4.69, 9.17) is 27.6 Å². The molecule has 1 aliphatic rings. The molecule has 8 heteroatoms. The van der Waals surface area contributed by atoms with Gasteiger partial charge in [0, 0.05) is 38.8 Å². The van der Waals surface area contributed by atoms with Gasteiger partial charge in [0.25, 0.3) is 11.8 Å². The van der Waals surface area contributed by atoms with Crippen LogP contribution in [0.3, 0.4) is 0 Å². The van der Waals surface area contributed by atoms with E-state index in [1.54, 1.807) is 24.3 Å². The predicted octanol–water partition coefficient (Wildman–Crippen LogP) is 6.77. The average Bonchev–Trinajstić information content (AvgIpc) is 3.18. The van der Waals surface area contributed by atoms with Crippen LogP contribution in [0.4, 0.5) is 5.69 Å². The first-order chi connectivity index (χ1) is 16.9.